The molecule has 0 bridgehead atoms. The Labute approximate surface area is 94.9 Å². The molecule has 0 saturated carbocycles. The van der Waals surface area contributed by atoms with Crippen molar-refractivity contribution in [3.8, 4) is 11.8 Å². The predicted octanol–water partition coefficient (Wildman–Crippen LogP) is 2.43. The molecule has 1 atom stereocenters. The molecule has 0 radical (unpaired) electrons. The van der Waals surface area contributed by atoms with Gasteiger partial charge in [0.05, 0.1) is 10.8 Å². The number of rotatable bonds is 3. The highest BCUT2D eigenvalue weighted by Gasteiger charge is 2.08. The zero-order chi connectivity index (χ0) is 11.2. The fraction of sp³-hybridized carbons (Fsp3) is 0.700. The van der Waals surface area contributed by atoms with Crippen LogP contribution in [0.4, 0.5) is 0 Å². The predicted molar refractivity (Wildman–Crippen MR) is 58.6 cm³/mol. The molecule has 0 fully saturated rings. The van der Waals surface area contributed by atoms with E-state index in [9.17, 15) is 4.79 Å². The lowest BCUT2D eigenvalue weighted by molar-refractivity contribution is -0.141. The van der Waals surface area contributed by atoms with Crippen LogP contribution in [0.25, 0.3) is 0 Å². The van der Waals surface area contributed by atoms with Crippen LogP contribution in [0, 0.1) is 17.8 Å². The zero-order valence-electron chi connectivity index (χ0n) is 8.56. The molecule has 0 N–H and O–H groups in total. The largest absolute Gasteiger partial charge is 0.463 e. The van der Waals surface area contributed by atoms with Crippen molar-refractivity contribution in [3.63, 3.8) is 0 Å². The minimum absolute atomic E-state index is 0.0276. The van der Waals surface area contributed by atoms with E-state index in [2.05, 4.69) is 11.8 Å². The average Bonchev–Trinajstić information content (AvgIpc) is 2.09. The van der Waals surface area contributed by atoms with E-state index in [-0.39, 0.29) is 18.4 Å². The lowest BCUT2D eigenvalue weighted by Crippen LogP contribution is -2.12. The Morgan fingerprint density at radius 1 is 1.57 bits per heavy atom. The van der Waals surface area contributed by atoms with Gasteiger partial charge in [0.1, 0.15) is 12.5 Å². The number of carbonyl (C=O) groups excluding carboxylic acids is 1. The Kier molecular flexibility index (Phi) is 5.99. The Balaban J connectivity index is 3.91. The quantitative estimate of drug-likeness (QED) is 0.428. The third-order valence-corrected chi connectivity index (χ3v) is 1.53. The number of carbonyl (C=O) groups is 1. The summed E-state index contributed by atoms with van der Waals surface area (Å²) in [5.74, 6) is 5.18. The van der Waals surface area contributed by atoms with Crippen molar-refractivity contribution >= 4 is 29.2 Å². The molecule has 0 saturated heterocycles. The molecule has 1 unspecified atom stereocenters. The summed E-state index contributed by atoms with van der Waals surface area (Å²) in [4.78, 5) is 10.2. The van der Waals surface area contributed by atoms with Gasteiger partial charge in [-0.05, 0) is 20.8 Å². The smallest absolute Gasteiger partial charge is 0.320 e. The molecule has 4 heteroatoms. The molecule has 0 spiro atoms. The van der Waals surface area contributed by atoms with Crippen LogP contribution in [-0.2, 0) is 9.53 Å². The molecule has 80 valence electrons. The molecule has 0 aliphatic carbocycles. The highest BCUT2D eigenvalue weighted by Crippen LogP contribution is 2.10. The number of halogens is 2. The minimum Gasteiger partial charge on any atom is -0.463 e. The summed E-state index contributed by atoms with van der Waals surface area (Å²) in [6.07, 6.45) is 0. The monoisotopic (exact) mass is 236 g/mol. The number of alkyl halides is 2. The Morgan fingerprint density at radius 2 is 2.14 bits per heavy atom. The average molecular weight is 237 g/mol. The van der Waals surface area contributed by atoms with Crippen LogP contribution in [0.2, 0.25) is 0 Å². The fourth-order valence-corrected chi connectivity index (χ4v) is 0.725. The van der Waals surface area contributed by atoms with Gasteiger partial charge < -0.3 is 4.74 Å². The third kappa shape index (κ3) is 8.22. The maximum Gasteiger partial charge on any atom is 0.320 e. The Bertz CT molecular complexity index is 245. The zero-order valence-corrected chi connectivity index (χ0v) is 10.1. The second-order valence-corrected chi connectivity index (χ2v) is 4.67. The molecule has 0 heterocycles. The van der Waals surface area contributed by atoms with Crippen LogP contribution in [0.1, 0.15) is 20.8 Å². The van der Waals surface area contributed by atoms with Gasteiger partial charge in [-0.3, -0.25) is 4.79 Å². The van der Waals surface area contributed by atoms with Gasteiger partial charge in [0, 0.05) is 0 Å². The number of hydrogen-bond acceptors (Lipinski definition) is 2. The minimum atomic E-state index is -0.537. The maximum atomic E-state index is 10.7. The summed E-state index contributed by atoms with van der Waals surface area (Å²) < 4.78 is 4.80. The van der Waals surface area contributed by atoms with Crippen molar-refractivity contribution < 1.29 is 9.53 Å². The van der Waals surface area contributed by atoms with Gasteiger partial charge in [-0.25, -0.2) is 0 Å². The summed E-state index contributed by atoms with van der Waals surface area (Å²) in [6, 6.07) is 0. The first kappa shape index (κ1) is 13.6. The number of ether oxygens (including phenoxy) is 1. The normalized spacial score (nSPS) is 12.6. The summed E-state index contributed by atoms with van der Waals surface area (Å²) in [5, 5.41) is 0. The van der Waals surface area contributed by atoms with Crippen LogP contribution < -0.4 is 0 Å². The van der Waals surface area contributed by atoms with E-state index in [0.29, 0.717) is 0 Å². The summed E-state index contributed by atoms with van der Waals surface area (Å²) in [6.45, 7) is 5.72. The molecular weight excluding hydrogens is 223 g/mol. The topological polar surface area (TPSA) is 26.3 Å². The van der Waals surface area contributed by atoms with E-state index in [0.717, 1.165) is 0 Å². The van der Waals surface area contributed by atoms with E-state index in [4.69, 9.17) is 27.9 Å². The van der Waals surface area contributed by atoms with Gasteiger partial charge in [-0.2, -0.15) is 0 Å². The van der Waals surface area contributed by atoms with Crippen molar-refractivity contribution in [1.29, 1.82) is 0 Å². The molecule has 0 aromatic rings. The first-order valence-electron chi connectivity index (χ1n) is 4.28. The van der Waals surface area contributed by atoms with Gasteiger partial charge in [0.15, 0.2) is 0 Å². The summed E-state index contributed by atoms with van der Waals surface area (Å²) in [5.41, 5.74) is 0. The van der Waals surface area contributed by atoms with Gasteiger partial charge >= 0.3 is 5.97 Å². The first-order valence-corrected chi connectivity index (χ1v) is 5.19. The molecule has 0 aromatic heterocycles. The lowest BCUT2D eigenvalue weighted by atomic mass is 10.1. The van der Waals surface area contributed by atoms with E-state index in [1.165, 1.54) is 0 Å². The van der Waals surface area contributed by atoms with E-state index in [1.807, 2.05) is 6.92 Å². The van der Waals surface area contributed by atoms with Crippen molar-refractivity contribution in [1.82, 2.24) is 0 Å². The molecule has 2 nitrogen and oxygen atoms in total. The van der Waals surface area contributed by atoms with Crippen LogP contribution in [0.3, 0.4) is 0 Å². The van der Waals surface area contributed by atoms with Crippen molar-refractivity contribution in [3.05, 3.63) is 0 Å². The molecule has 0 aromatic carbocycles. The number of hydrogen-bond donors (Lipinski definition) is 0. The van der Waals surface area contributed by atoms with Gasteiger partial charge in [0.2, 0.25) is 0 Å². The second-order valence-electron chi connectivity index (χ2n) is 3.46. The van der Waals surface area contributed by atoms with Crippen molar-refractivity contribution in [2.75, 3.05) is 12.5 Å². The molecule has 14 heavy (non-hydrogen) atoms. The van der Waals surface area contributed by atoms with Crippen LogP contribution in [0.5, 0.6) is 0 Å². The van der Waals surface area contributed by atoms with Crippen LogP contribution >= 0.6 is 23.2 Å². The Hall–Kier alpha value is -0.390. The lowest BCUT2D eigenvalue weighted by Gasteiger charge is -2.07. The summed E-state index contributed by atoms with van der Waals surface area (Å²) in [7, 11) is 0. The fourth-order valence-electron chi connectivity index (χ4n) is 0.593. The number of esters is 1. The van der Waals surface area contributed by atoms with E-state index >= 15 is 0 Å². The second kappa shape index (κ2) is 6.16. The molecule has 0 rings (SSSR count). The van der Waals surface area contributed by atoms with Gasteiger partial charge in [-0.15, -0.1) is 23.2 Å². The maximum absolute atomic E-state index is 10.7. The SMILES string of the molecule is CC(C#CC(C)(C)Cl)COC(=O)CCl. The van der Waals surface area contributed by atoms with E-state index in [1.54, 1.807) is 13.8 Å². The highest BCUT2D eigenvalue weighted by atomic mass is 35.5. The van der Waals surface area contributed by atoms with E-state index < -0.39 is 10.8 Å². The highest BCUT2D eigenvalue weighted by molar-refractivity contribution is 6.26. The first-order chi connectivity index (χ1) is 6.35. The van der Waals surface area contributed by atoms with Crippen LogP contribution in [-0.4, -0.2) is 23.3 Å². The Morgan fingerprint density at radius 3 is 2.57 bits per heavy atom. The molecule has 0 aliphatic heterocycles. The van der Waals surface area contributed by atoms with Gasteiger partial charge in [0.25, 0.3) is 0 Å². The molecular formula is C10H14Cl2O2. The molecule has 0 aliphatic rings. The van der Waals surface area contributed by atoms with Crippen molar-refractivity contribution in [2.45, 2.75) is 25.6 Å². The van der Waals surface area contributed by atoms with Crippen molar-refractivity contribution in [2.24, 2.45) is 5.92 Å². The molecule has 0 amide bonds. The van der Waals surface area contributed by atoms with Gasteiger partial charge in [-0.1, -0.05) is 11.8 Å². The van der Waals surface area contributed by atoms with Crippen LogP contribution in [0.15, 0.2) is 0 Å². The standard InChI is InChI=1S/C10H14Cl2O2/c1-8(4-5-10(2,3)12)7-14-9(13)6-11/h8H,6-7H2,1-3H3. The summed E-state index contributed by atoms with van der Waals surface area (Å²) >= 11 is 11.1. The third-order valence-electron chi connectivity index (χ3n) is 1.22.